The van der Waals surface area contributed by atoms with Crippen LogP contribution in [-0.2, 0) is 0 Å². The molecule has 5 heteroatoms. The van der Waals surface area contributed by atoms with Crippen LogP contribution < -0.4 is 0 Å². The third-order valence-electron chi connectivity index (χ3n) is 2.82. The molecule has 0 rings (SSSR count). The molecule has 5 N–H and O–H groups in total. The Labute approximate surface area is 103 Å². The van der Waals surface area contributed by atoms with Gasteiger partial charge >= 0.3 is 0 Å². The summed E-state index contributed by atoms with van der Waals surface area (Å²) in [6, 6.07) is 0. The first kappa shape index (κ1) is 16.8. The minimum atomic E-state index is -0.561. The Bertz CT molecular complexity index is 165. The van der Waals surface area contributed by atoms with E-state index in [-0.39, 0.29) is 13.2 Å². The van der Waals surface area contributed by atoms with Gasteiger partial charge in [0.25, 0.3) is 0 Å². The molecule has 0 aromatic heterocycles. The number of rotatable bonds is 11. The highest BCUT2D eigenvalue weighted by atomic mass is 16.3. The maximum absolute atomic E-state index is 9.61. The molecule has 0 aromatic carbocycles. The molecular formula is C12H26O5. The first-order valence-electron chi connectivity index (χ1n) is 6.36. The maximum Gasteiger partial charge on any atom is 0.0563 e. The van der Waals surface area contributed by atoms with Crippen LogP contribution in [0.3, 0.4) is 0 Å². The van der Waals surface area contributed by atoms with Crippen molar-refractivity contribution in [2.45, 2.75) is 63.3 Å². The lowest BCUT2D eigenvalue weighted by Crippen LogP contribution is -2.17. The van der Waals surface area contributed by atoms with Gasteiger partial charge in [-0.25, -0.2) is 0 Å². The normalized spacial score (nSPS) is 16.8. The van der Waals surface area contributed by atoms with Crippen LogP contribution in [0.5, 0.6) is 0 Å². The van der Waals surface area contributed by atoms with Crippen molar-refractivity contribution in [1.29, 1.82) is 0 Å². The molecule has 0 amide bonds. The topological polar surface area (TPSA) is 101 Å². The Morgan fingerprint density at radius 3 is 1.35 bits per heavy atom. The first-order valence-corrected chi connectivity index (χ1v) is 6.36. The van der Waals surface area contributed by atoms with Crippen LogP contribution in [-0.4, -0.2) is 57.1 Å². The molecule has 0 aliphatic rings. The summed E-state index contributed by atoms with van der Waals surface area (Å²) in [5.74, 6) is 0. The van der Waals surface area contributed by atoms with Crippen molar-refractivity contribution in [1.82, 2.24) is 0 Å². The van der Waals surface area contributed by atoms with Gasteiger partial charge < -0.3 is 25.5 Å². The molecule has 0 fully saturated rings. The maximum atomic E-state index is 9.61. The van der Waals surface area contributed by atoms with E-state index in [0.29, 0.717) is 44.9 Å². The summed E-state index contributed by atoms with van der Waals surface area (Å²) < 4.78 is 0. The highest BCUT2D eigenvalue weighted by molar-refractivity contribution is 4.64. The predicted octanol–water partition coefficient (Wildman–Crippen LogP) is -0.216. The van der Waals surface area contributed by atoms with E-state index in [4.69, 9.17) is 10.2 Å². The Kier molecular flexibility index (Phi) is 10.8. The molecule has 3 unspecified atom stereocenters. The molecule has 0 saturated heterocycles. The van der Waals surface area contributed by atoms with E-state index in [1.54, 1.807) is 0 Å². The summed E-state index contributed by atoms with van der Waals surface area (Å²) in [7, 11) is 0. The molecule has 104 valence electrons. The molecule has 0 aliphatic carbocycles. The number of hydrogen-bond donors (Lipinski definition) is 5. The van der Waals surface area contributed by atoms with Gasteiger partial charge in [0, 0.05) is 13.2 Å². The van der Waals surface area contributed by atoms with Crippen LogP contribution in [0.15, 0.2) is 0 Å². The van der Waals surface area contributed by atoms with Gasteiger partial charge in [-0.2, -0.15) is 0 Å². The van der Waals surface area contributed by atoms with Gasteiger partial charge in [0.05, 0.1) is 18.3 Å². The summed E-state index contributed by atoms with van der Waals surface area (Å²) >= 11 is 0. The van der Waals surface area contributed by atoms with Gasteiger partial charge in [-0.05, 0) is 44.9 Å². The second kappa shape index (κ2) is 10.9. The Morgan fingerprint density at radius 1 is 0.529 bits per heavy atom. The summed E-state index contributed by atoms with van der Waals surface area (Å²) in [6.45, 7) is 0.0318. The summed E-state index contributed by atoms with van der Waals surface area (Å²) in [5.41, 5.74) is 0. The highest BCUT2D eigenvalue weighted by Gasteiger charge is 2.11. The van der Waals surface area contributed by atoms with E-state index in [9.17, 15) is 15.3 Å². The van der Waals surface area contributed by atoms with Crippen LogP contribution in [0.4, 0.5) is 0 Å². The summed E-state index contributed by atoms with van der Waals surface area (Å²) in [5, 5.41) is 45.6. The zero-order valence-corrected chi connectivity index (χ0v) is 10.3. The smallest absolute Gasteiger partial charge is 0.0563 e. The van der Waals surface area contributed by atoms with Crippen molar-refractivity contribution in [3.8, 4) is 0 Å². The SMILES string of the molecule is OCCCC(O)CCC(O)CCC(O)CCO. The average molecular weight is 250 g/mol. The number of aliphatic hydroxyl groups is 5. The first-order chi connectivity index (χ1) is 8.10. The fourth-order valence-electron chi connectivity index (χ4n) is 1.68. The Balaban J connectivity index is 3.48. The largest absolute Gasteiger partial charge is 0.396 e. The molecule has 0 spiro atoms. The molecule has 0 bridgehead atoms. The summed E-state index contributed by atoms with van der Waals surface area (Å²) in [4.78, 5) is 0. The van der Waals surface area contributed by atoms with Crippen molar-refractivity contribution in [3.63, 3.8) is 0 Å². The lowest BCUT2D eigenvalue weighted by molar-refractivity contribution is 0.0755. The quantitative estimate of drug-likeness (QED) is 0.349. The fraction of sp³-hybridized carbons (Fsp3) is 1.00. The minimum absolute atomic E-state index is 0.0445. The van der Waals surface area contributed by atoms with Crippen LogP contribution in [0, 0.1) is 0 Å². The molecule has 0 radical (unpaired) electrons. The van der Waals surface area contributed by atoms with Gasteiger partial charge in [0.1, 0.15) is 0 Å². The molecule has 0 aliphatic heterocycles. The third kappa shape index (κ3) is 10.7. The van der Waals surface area contributed by atoms with E-state index in [0.717, 1.165) is 0 Å². The van der Waals surface area contributed by atoms with Crippen molar-refractivity contribution < 1.29 is 25.5 Å². The zero-order chi connectivity index (χ0) is 13.1. The van der Waals surface area contributed by atoms with Crippen molar-refractivity contribution >= 4 is 0 Å². The number of hydrogen-bond acceptors (Lipinski definition) is 5. The zero-order valence-electron chi connectivity index (χ0n) is 10.3. The standard InChI is InChI=1S/C12H26O5/c13-8-1-2-10(15)3-4-11(16)5-6-12(17)7-9-14/h10-17H,1-9H2. The van der Waals surface area contributed by atoms with Gasteiger partial charge in [-0.15, -0.1) is 0 Å². The lowest BCUT2D eigenvalue weighted by Gasteiger charge is -2.15. The van der Waals surface area contributed by atoms with E-state index >= 15 is 0 Å². The van der Waals surface area contributed by atoms with Crippen LogP contribution in [0.25, 0.3) is 0 Å². The molecule has 0 aromatic rings. The van der Waals surface area contributed by atoms with Crippen LogP contribution in [0.1, 0.15) is 44.9 Å². The predicted molar refractivity (Wildman–Crippen MR) is 64.5 cm³/mol. The van der Waals surface area contributed by atoms with Crippen molar-refractivity contribution in [3.05, 3.63) is 0 Å². The van der Waals surface area contributed by atoms with Gasteiger partial charge in [-0.3, -0.25) is 0 Å². The molecule has 5 nitrogen and oxygen atoms in total. The monoisotopic (exact) mass is 250 g/mol. The van der Waals surface area contributed by atoms with E-state index in [1.807, 2.05) is 0 Å². The molecular weight excluding hydrogens is 224 g/mol. The van der Waals surface area contributed by atoms with Gasteiger partial charge in [0.2, 0.25) is 0 Å². The van der Waals surface area contributed by atoms with E-state index in [1.165, 1.54) is 0 Å². The van der Waals surface area contributed by atoms with Crippen molar-refractivity contribution in [2.24, 2.45) is 0 Å². The van der Waals surface area contributed by atoms with E-state index < -0.39 is 18.3 Å². The van der Waals surface area contributed by atoms with Crippen LogP contribution in [0.2, 0.25) is 0 Å². The lowest BCUT2D eigenvalue weighted by atomic mass is 10.0. The molecule has 0 heterocycles. The average Bonchev–Trinajstić information content (AvgIpc) is 2.31. The van der Waals surface area contributed by atoms with Gasteiger partial charge in [0.15, 0.2) is 0 Å². The second-order valence-corrected chi connectivity index (χ2v) is 4.49. The highest BCUT2D eigenvalue weighted by Crippen LogP contribution is 2.12. The Morgan fingerprint density at radius 2 is 0.941 bits per heavy atom. The third-order valence-corrected chi connectivity index (χ3v) is 2.82. The fourth-order valence-corrected chi connectivity index (χ4v) is 1.68. The van der Waals surface area contributed by atoms with Crippen molar-refractivity contribution in [2.75, 3.05) is 13.2 Å². The molecule has 17 heavy (non-hydrogen) atoms. The minimum Gasteiger partial charge on any atom is -0.396 e. The van der Waals surface area contributed by atoms with Crippen LogP contribution >= 0.6 is 0 Å². The number of aliphatic hydroxyl groups excluding tert-OH is 5. The molecule has 3 atom stereocenters. The summed E-state index contributed by atoms with van der Waals surface area (Å²) in [6.07, 6.45) is 1.87. The van der Waals surface area contributed by atoms with E-state index in [2.05, 4.69) is 0 Å². The second-order valence-electron chi connectivity index (χ2n) is 4.49. The Hall–Kier alpha value is -0.200. The van der Waals surface area contributed by atoms with Gasteiger partial charge in [-0.1, -0.05) is 0 Å². The molecule has 0 saturated carbocycles.